The van der Waals surface area contributed by atoms with Gasteiger partial charge >= 0.3 is 0 Å². The second-order valence-corrected chi connectivity index (χ2v) is 3.65. The normalized spacial score (nSPS) is 28.3. The van der Waals surface area contributed by atoms with Crippen LogP contribution in [0.4, 0.5) is 0 Å². The molecule has 0 saturated heterocycles. The molecule has 0 heterocycles. The van der Waals surface area contributed by atoms with Crippen molar-refractivity contribution in [2.75, 3.05) is 6.54 Å². The number of primary amides is 1. The Morgan fingerprint density at radius 1 is 1.46 bits per heavy atom. The average Bonchev–Trinajstić information content (AvgIpc) is 2.15. The van der Waals surface area contributed by atoms with Gasteiger partial charge in [0.05, 0.1) is 0 Å². The first-order valence-electron chi connectivity index (χ1n) is 4.87. The summed E-state index contributed by atoms with van der Waals surface area (Å²) in [5, 5.41) is 3.36. The van der Waals surface area contributed by atoms with Gasteiger partial charge in [-0.25, -0.2) is 0 Å². The lowest BCUT2D eigenvalue weighted by Crippen LogP contribution is -2.36. The van der Waals surface area contributed by atoms with Crippen molar-refractivity contribution in [1.82, 2.24) is 5.32 Å². The van der Waals surface area contributed by atoms with Crippen LogP contribution in [0.5, 0.6) is 0 Å². The molecule has 3 heteroatoms. The summed E-state index contributed by atoms with van der Waals surface area (Å²) in [6.45, 7) is 4.50. The van der Waals surface area contributed by atoms with Crippen LogP contribution in [-0.4, -0.2) is 18.5 Å². The largest absolute Gasteiger partial charge is 0.369 e. The molecule has 3 N–H and O–H groups in total. The fourth-order valence-electron chi connectivity index (χ4n) is 1.83. The molecule has 0 spiro atoms. The summed E-state index contributed by atoms with van der Waals surface area (Å²) >= 11 is 0. The molecule has 0 aromatic heterocycles. The van der Waals surface area contributed by atoms with Crippen LogP contribution in [0, 0.1) is 5.92 Å². The molecule has 0 aliphatic heterocycles. The van der Waals surface area contributed by atoms with Gasteiger partial charge in [-0.2, -0.15) is 0 Å². The maximum atomic E-state index is 10.9. The highest BCUT2D eigenvalue weighted by Crippen LogP contribution is 2.23. The Morgan fingerprint density at radius 2 is 2.08 bits per heavy atom. The zero-order valence-corrected chi connectivity index (χ0v) is 7.96. The highest BCUT2D eigenvalue weighted by molar-refractivity contribution is 5.76. The molecular weight excluding hydrogens is 164 g/mol. The van der Waals surface area contributed by atoms with E-state index in [1.807, 2.05) is 6.08 Å². The minimum atomic E-state index is -0.137. The van der Waals surface area contributed by atoms with E-state index in [0.717, 1.165) is 32.2 Å². The molecule has 0 bridgehead atoms. The van der Waals surface area contributed by atoms with Crippen molar-refractivity contribution < 1.29 is 4.79 Å². The smallest absolute Gasteiger partial charge is 0.220 e. The molecule has 13 heavy (non-hydrogen) atoms. The molecule has 0 unspecified atom stereocenters. The van der Waals surface area contributed by atoms with E-state index < -0.39 is 0 Å². The van der Waals surface area contributed by atoms with Gasteiger partial charge in [0.25, 0.3) is 0 Å². The third kappa shape index (κ3) is 3.19. The minimum Gasteiger partial charge on any atom is -0.369 e. The van der Waals surface area contributed by atoms with E-state index in [2.05, 4.69) is 11.9 Å². The van der Waals surface area contributed by atoms with Crippen molar-refractivity contribution in [3.8, 4) is 0 Å². The fourth-order valence-corrected chi connectivity index (χ4v) is 1.83. The highest BCUT2D eigenvalue weighted by atomic mass is 16.1. The van der Waals surface area contributed by atoms with E-state index in [0.29, 0.717) is 6.04 Å². The number of hydrogen-bond acceptors (Lipinski definition) is 2. The molecule has 1 aliphatic carbocycles. The summed E-state index contributed by atoms with van der Waals surface area (Å²) < 4.78 is 0. The second-order valence-electron chi connectivity index (χ2n) is 3.65. The monoisotopic (exact) mass is 182 g/mol. The van der Waals surface area contributed by atoms with Crippen LogP contribution in [0.3, 0.4) is 0 Å². The number of hydrogen-bond donors (Lipinski definition) is 2. The Kier molecular flexibility index (Phi) is 3.96. The molecule has 0 aromatic carbocycles. The topological polar surface area (TPSA) is 55.1 Å². The number of nitrogens with two attached hydrogens (primary N) is 1. The van der Waals surface area contributed by atoms with Crippen LogP contribution in [0.2, 0.25) is 0 Å². The van der Waals surface area contributed by atoms with E-state index >= 15 is 0 Å². The first-order valence-corrected chi connectivity index (χ1v) is 4.87. The maximum absolute atomic E-state index is 10.9. The van der Waals surface area contributed by atoms with Gasteiger partial charge in [0.2, 0.25) is 5.91 Å². The lowest BCUT2D eigenvalue weighted by molar-refractivity contribution is -0.122. The van der Waals surface area contributed by atoms with E-state index in [1.54, 1.807) is 0 Å². The Bertz CT molecular complexity index is 183. The fraction of sp³-hybridized carbons (Fsp3) is 0.700. The lowest BCUT2D eigenvalue weighted by atomic mass is 9.85. The third-order valence-electron chi connectivity index (χ3n) is 2.68. The first-order chi connectivity index (χ1) is 6.24. The average molecular weight is 182 g/mol. The van der Waals surface area contributed by atoms with E-state index in [-0.39, 0.29) is 11.8 Å². The molecule has 0 radical (unpaired) electrons. The van der Waals surface area contributed by atoms with Gasteiger partial charge in [-0.3, -0.25) is 4.79 Å². The maximum Gasteiger partial charge on any atom is 0.220 e. The Morgan fingerprint density at radius 3 is 2.54 bits per heavy atom. The molecule has 1 fully saturated rings. The van der Waals surface area contributed by atoms with Crippen molar-refractivity contribution >= 4 is 5.91 Å². The number of carbonyl (C=O) groups excluding carboxylic acids is 1. The molecular formula is C10H18N2O. The van der Waals surface area contributed by atoms with Crippen LogP contribution >= 0.6 is 0 Å². The lowest BCUT2D eigenvalue weighted by Gasteiger charge is -2.26. The molecule has 1 aliphatic rings. The summed E-state index contributed by atoms with van der Waals surface area (Å²) in [5.41, 5.74) is 5.24. The molecule has 0 atom stereocenters. The van der Waals surface area contributed by atoms with Gasteiger partial charge in [-0.05, 0) is 25.7 Å². The summed E-state index contributed by atoms with van der Waals surface area (Å²) in [5.74, 6) is -0.0241. The van der Waals surface area contributed by atoms with Crippen molar-refractivity contribution in [2.45, 2.75) is 31.7 Å². The van der Waals surface area contributed by atoms with E-state index in [4.69, 9.17) is 5.73 Å². The van der Waals surface area contributed by atoms with Gasteiger partial charge in [0.15, 0.2) is 0 Å². The minimum absolute atomic E-state index is 0.113. The predicted octanol–water partition coefficient (Wildman–Crippen LogP) is 0.806. The van der Waals surface area contributed by atoms with Gasteiger partial charge in [0.1, 0.15) is 0 Å². The van der Waals surface area contributed by atoms with Crippen molar-refractivity contribution in [1.29, 1.82) is 0 Å². The number of rotatable bonds is 4. The van der Waals surface area contributed by atoms with E-state index in [1.165, 1.54) is 0 Å². The summed E-state index contributed by atoms with van der Waals surface area (Å²) in [7, 11) is 0. The van der Waals surface area contributed by atoms with Crippen LogP contribution in [-0.2, 0) is 4.79 Å². The first kappa shape index (κ1) is 10.3. The summed E-state index contributed by atoms with van der Waals surface area (Å²) in [6, 6.07) is 0.550. The van der Waals surface area contributed by atoms with Crippen LogP contribution < -0.4 is 11.1 Å². The molecule has 0 aromatic rings. The summed E-state index contributed by atoms with van der Waals surface area (Å²) in [4.78, 5) is 10.9. The zero-order valence-electron chi connectivity index (χ0n) is 7.96. The van der Waals surface area contributed by atoms with Crippen LogP contribution in [0.15, 0.2) is 12.7 Å². The second kappa shape index (κ2) is 5.02. The quantitative estimate of drug-likeness (QED) is 0.632. The Balaban J connectivity index is 2.22. The standard InChI is InChI=1S/C10H18N2O/c1-2-7-12-9-5-3-8(4-6-9)10(11)13/h2,8-9,12H,1,3-7H2,(H2,11,13). The number of carbonyl (C=O) groups is 1. The van der Waals surface area contributed by atoms with Crippen molar-refractivity contribution in [2.24, 2.45) is 11.7 Å². The zero-order chi connectivity index (χ0) is 9.68. The van der Waals surface area contributed by atoms with Gasteiger partial charge in [-0.1, -0.05) is 6.08 Å². The predicted molar refractivity (Wildman–Crippen MR) is 53.1 cm³/mol. The molecule has 1 rings (SSSR count). The number of amides is 1. The highest BCUT2D eigenvalue weighted by Gasteiger charge is 2.23. The van der Waals surface area contributed by atoms with Gasteiger partial charge < -0.3 is 11.1 Å². The summed E-state index contributed by atoms with van der Waals surface area (Å²) in [6.07, 6.45) is 5.84. The van der Waals surface area contributed by atoms with Gasteiger partial charge in [0, 0.05) is 18.5 Å². The molecule has 1 saturated carbocycles. The molecule has 1 amide bonds. The number of nitrogens with one attached hydrogen (secondary N) is 1. The molecule has 3 nitrogen and oxygen atoms in total. The van der Waals surface area contributed by atoms with E-state index in [9.17, 15) is 4.79 Å². The van der Waals surface area contributed by atoms with Crippen LogP contribution in [0.1, 0.15) is 25.7 Å². The SMILES string of the molecule is C=CCNC1CCC(C(N)=O)CC1. The van der Waals surface area contributed by atoms with Crippen LogP contribution in [0.25, 0.3) is 0 Å². The van der Waals surface area contributed by atoms with Crippen molar-refractivity contribution in [3.05, 3.63) is 12.7 Å². The third-order valence-corrected chi connectivity index (χ3v) is 2.68. The Hall–Kier alpha value is -0.830. The Labute approximate surface area is 79.4 Å². The van der Waals surface area contributed by atoms with Crippen molar-refractivity contribution in [3.63, 3.8) is 0 Å². The van der Waals surface area contributed by atoms with Gasteiger partial charge in [-0.15, -0.1) is 6.58 Å². The molecule has 74 valence electrons.